The molecule has 4 rings (SSSR count). The topological polar surface area (TPSA) is 62.5 Å². The Kier molecular flexibility index (Phi) is 4.44. The van der Waals surface area contributed by atoms with Crippen LogP contribution < -0.4 is 0 Å². The summed E-state index contributed by atoms with van der Waals surface area (Å²) in [5, 5.41) is 10.3. The molecule has 0 aliphatic carbocycles. The molecule has 5 heteroatoms. The van der Waals surface area contributed by atoms with E-state index in [2.05, 4.69) is 4.57 Å². The second kappa shape index (κ2) is 6.91. The van der Waals surface area contributed by atoms with E-state index in [0.717, 1.165) is 47.8 Å². The molecule has 0 unspecified atom stereocenters. The summed E-state index contributed by atoms with van der Waals surface area (Å²) in [5.41, 5.74) is 3.94. The monoisotopic (exact) mass is 362 g/mol. The molecule has 0 spiro atoms. The number of fused-ring (bicyclic) bond motifs is 3. The number of aromatic nitrogens is 1. The molecule has 0 radical (unpaired) electrons. The van der Waals surface area contributed by atoms with Gasteiger partial charge in [0.25, 0.3) is 5.91 Å². The van der Waals surface area contributed by atoms with Crippen LogP contribution in [-0.2, 0) is 13.0 Å². The van der Waals surface area contributed by atoms with Crippen molar-refractivity contribution in [3.8, 4) is 0 Å². The summed E-state index contributed by atoms with van der Waals surface area (Å²) >= 11 is 0. The minimum atomic E-state index is -0.948. The van der Waals surface area contributed by atoms with Crippen LogP contribution in [0.2, 0.25) is 0 Å². The highest BCUT2D eigenvalue weighted by molar-refractivity contribution is 6.03. The molecule has 0 bridgehead atoms. The van der Waals surface area contributed by atoms with Crippen molar-refractivity contribution in [1.29, 1.82) is 0 Å². The number of nitrogens with zero attached hydrogens (tertiary/aromatic N) is 2. The van der Waals surface area contributed by atoms with Crippen LogP contribution in [0.5, 0.6) is 0 Å². The van der Waals surface area contributed by atoms with E-state index in [1.807, 2.05) is 43.4 Å². The molecule has 0 atom stereocenters. The van der Waals surface area contributed by atoms with Crippen molar-refractivity contribution in [3.05, 3.63) is 70.9 Å². The number of rotatable bonds is 3. The number of carboxylic acids is 1. The van der Waals surface area contributed by atoms with E-state index in [-0.39, 0.29) is 11.5 Å². The zero-order chi connectivity index (χ0) is 19.0. The van der Waals surface area contributed by atoms with Crippen molar-refractivity contribution < 1.29 is 14.7 Å². The Balaban J connectivity index is 1.97. The van der Waals surface area contributed by atoms with Gasteiger partial charge in [0.05, 0.1) is 5.56 Å². The highest BCUT2D eigenvalue weighted by Gasteiger charge is 2.27. The molecule has 138 valence electrons. The normalized spacial score (nSPS) is 14.7. The third-order valence-corrected chi connectivity index (χ3v) is 5.32. The fourth-order valence-corrected chi connectivity index (χ4v) is 3.92. The predicted molar refractivity (Wildman–Crippen MR) is 104 cm³/mol. The molecule has 0 saturated carbocycles. The van der Waals surface area contributed by atoms with E-state index in [0.29, 0.717) is 12.2 Å². The highest BCUT2D eigenvalue weighted by atomic mass is 16.4. The largest absolute Gasteiger partial charge is 0.478 e. The Morgan fingerprint density at radius 1 is 1.11 bits per heavy atom. The summed E-state index contributed by atoms with van der Waals surface area (Å²) in [6.07, 6.45) is 2.72. The molecule has 0 saturated heterocycles. The quantitative estimate of drug-likeness (QED) is 0.771. The van der Waals surface area contributed by atoms with Crippen molar-refractivity contribution in [2.24, 2.45) is 0 Å². The van der Waals surface area contributed by atoms with Gasteiger partial charge in [0, 0.05) is 31.0 Å². The lowest BCUT2D eigenvalue weighted by Gasteiger charge is -2.22. The molecule has 1 N–H and O–H groups in total. The number of aromatic carboxylic acids is 1. The van der Waals surface area contributed by atoms with E-state index in [9.17, 15) is 14.7 Å². The van der Waals surface area contributed by atoms with E-state index in [4.69, 9.17) is 0 Å². The molecule has 27 heavy (non-hydrogen) atoms. The minimum absolute atomic E-state index is 0.00806. The molecular formula is C22H22N2O3. The van der Waals surface area contributed by atoms with Crippen molar-refractivity contribution in [2.45, 2.75) is 25.8 Å². The van der Waals surface area contributed by atoms with Gasteiger partial charge in [-0.3, -0.25) is 4.79 Å². The molecule has 5 nitrogen and oxygen atoms in total. The predicted octanol–water partition coefficient (Wildman–Crippen LogP) is 3.80. The summed E-state index contributed by atoms with van der Waals surface area (Å²) in [6, 6.07) is 15.2. The van der Waals surface area contributed by atoms with Gasteiger partial charge in [-0.2, -0.15) is 0 Å². The van der Waals surface area contributed by atoms with Crippen LogP contribution in [0.3, 0.4) is 0 Å². The zero-order valence-electron chi connectivity index (χ0n) is 15.3. The summed E-state index contributed by atoms with van der Waals surface area (Å²) < 4.78 is 2.05. The van der Waals surface area contributed by atoms with Crippen molar-refractivity contribution in [3.63, 3.8) is 0 Å². The van der Waals surface area contributed by atoms with Crippen LogP contribution in [0, 0.1) is 0 Å². The Hall–Kier alpha value is -3.08. The summed E-state index contributed by atoms with van der Waals surface area (Å²) in [7, 11) is 1.84. The van der Waals surface area contributed by atoms with Gasteiger partial charge in [0.1, 0.15) is 5.69 Å². The standard InChI is InChI=1S/C22H22N2O3/c1-23-12-6-5-9-17-18-13-16(22(26)27)10-11-19(18)24(20(17)21(23)25)14-15-7-3-2-4-8-15/h2-4,7-8,10-11,13H,5-6,9,12,14H2,1H3,(H,26,27). The van der Waals surface area contributed by atoms with Gasteiger partial charge in [-0.05, 0) is 48.6 Å². The third kappa shape index (κ3) is 3.10. The molecule has 1 amide bonds. The molecule has 2 aromatic carbocycles. The van der Waals surface area contributed by atoms with Crippen LogP contribution in [-0.4, -0.2) is 40.0 Å². The van der Waals surface area contributed by atoms with Crippen molar-refractivity contribution >= 4 is 22.8 Å². The molecule has 1 aromatic heterocycles. The second-order valence-electron chi connectivity index (χ2n) is 7.12. The maximum atomic E-state index is 13.2. The van der Waals surface area contributed by atoms with Crippen molar-refractivity contribution in [2.75, 3.05) is 13.6 Å². The number of benzene rings is 2. The molecule has 1 aliphatic rings. The molecule has 0 fully saturated rings. The second-order valence-corrected chi connectivity index (χ2v) is 7.12. The number of amides is 1. The number of carboxylic acid groups (broad SMARTS) is 1. The fraction of sp³-hybridized carbons (Fsp3) is 0.273. The average Bonchev–Trinajstić information content (AvgIpc) is 2.96. The lowest BCUT2D eigenvalue weighted by Crippen LogP contribution is -2.32. The minimum Gasteiger partial charge on any atom is -0.478 e. The summed E-state index contributed by atoms with van der Waals surface area (Å²) in [5.74, 6) is -0.940. The lowest BCUT2D eigenvalue weighted by atomic mass is 10.0. The lowest BCUT2D eigenvalue weighted by molar-refractivity contribution is 0.0696. The number of hydrogen-bond acceptors (Lipinski definition) is 2. The van der Waals surface area contributed by atoms with Crippen LogP contribution in [0.15, 0.2) is 48.5 Å². The smallest absolute Gasteiger partial charge is 0.335 e. The maximum absolute atomic E-state index is 13.2. The number of carbonyl (C=O) groups excluding carboxylic acids is 1. The number of carbonyl (C=O) groups is 2. The average molecular weight is 362 g/mol. The van der Waals surface area contributed by atoms with Gasteiger partial charge in [-0.1, -0.05) is 30.3 Å². The first-order valence-corrected chi connectivity index (χ1v) is 9.24. The van der Waals surface area contributed by atoms with Gasteiger partial charge in [0.15, 0.2) is 0 Å². The summed E-state index contributed by atoms with van der Waals surface area (Å²) in [6.45, 7) is 1.32. The third-order valence-electron chi connectivity index (χ3n) is 5.32. The van der Waals surface area contributed by atoms with Gasteiger partial charge in [0.2, 0.25) is 0 Å². The summed E-state index contributed by atoms with van der Waals surface area (Å²) in [4.78, 5) is 26.4. The fourth-order valence-electron chi connectivity index (χ4n) is 3.92. The maximum Gasteiger partial charge on any atom is 0.335 e. The van der Waals surface area contributed by atoms with Crippen LogP contribution in [0.1, 0.15) is 44.8 Å². The molecular weight excluding hydrogens is 340 g/mol. The van der Waals surface area contributed by atoms with Crippen LogP contribution >= 0.6 is 0 Å². The zero-order valence-corrected chi connectivity index (χ0v) is 15.3. The first-order chi connectivity index (χ1) is 13.1. The Morgan fingerprint density at radius 2 is 1.89 bits per heavy atom. The molecule has 2 heterocycles. The van der Waals surface area contributed by atoms with Gasteiger partial charge in [-0.25, -0.2) is 4.79 Å². The number of aryl methyl sites for hydroxylation is 1. The van der Waals surface area contributed by atoms with Crippen LogP contribution in [0.4, 0.5) is 0 Å². The first-order valence-electron chi connectivity index (χ1n) is 9.24. The Bertz CT molecular complexity index is 1020. The Morgan fingerprint density at radius 3 is 2.63 bits per heavy atom. The Labute approximate surface area is 157 Å². The van der Waals surface area contributed by atoms with Gasteiger partial charge < -0.3 is 14.6 Å². The van der Waals surface area contributed by atoms with E-state index in [1.54, 1.807) is 17.0 Å². The molecule has 1 aliphatic heterocycles. The van der Waals surface area contributed by atoms with Gasteiger partial charge >= 0.3 is 5.97 Å². The SMILES string of the molecule is CN1CCCCc2c(n(Cc3ccccc3)c3ccc(C(=O)O)cc23)C1=O. The first kappa shape index (κ1) is 17.3. The van der Waals surface area contributed by atoms with Crippen molar-refractivity contribution in [1.82, 2.24) is 9.47 Å². The van der Waals surface area contributed by atoms with E-state index >= 15 is 0 Å². The van der Waals surface area contributed by atoms with E-state index in [1.165, 1.54) is 0 Å². The molecule has 3 aromatic rings. The van der Waals surface area contributed by atoms with Gasteiger partial charge in [-0.15, -0.1) is 0 Å². The number of hydrogen-bond donors (Lipinski definition) is 1. The van der Waals surface area contributed by atoms with E-state index < -0.39 is 5.97 Å². The highest BCUT2D eigenvalue weighted by Crippen LogP contribution is 2.31. The van der Waals surface area contributed by atoms with Crippen LogP contribution in [0.25, 0.3) is 10.9 Å².